The van der Waals surface area contributed by atoms with Crippen LogP contribution >= 0.6 is 11.8 Å². The van der Waals surface area contributed by atoms with E-state index >= 15 is 0 Å². The summed E-state index contributed by atoms with van der Waals surface area (Å²) in [5.41, 5.74) is 8.39. The van der Waals surface area contributed by atoms with Crippen LogP contribution in [-0.2, 0) is 4.79 Å². The molecule has 3 rings (SSSR count). The first-order valence-electron chi connectivity index (χ1n) is 7.29. The number of carbonyl (C=O) groups excluding carboxylic acids is 2. The van der Waals surface area contributed by atoms with Gasteiger partial charge in [-0.2, -0.15) is 0 Å². The third kappa shape index (κ3) is 2.76. The van der Waals surface area contributed by atoms with E-state index in [9.17, 15) is 9.59 Å². The van der Waals surface area contributed by atoms with Gasteiger partial charge in [-0.3, -0.25) is 9.59 Å². The van der Waals surface area contributed by atoms with Gasteiger partial charge >= 0.3 is 0 Å². The van der Waals surface area contributed by atoms with Crippen LogP contribution in [0.15, 0.2) is 53.4 Å². The predicted molar refractivity (Wildman–Crippen MR) is 96.9 cm³/mol. The largest absolute Gasteiger partial charge is 0.495 e. The summed E-state index contributed by atoms with van der Waals surface area (Å²) in [5, 5.41) is -0.339. The Bertz CT molecular complexity index is 844. The maximum Gasteiger partial charge on any atom is 0.298 e. The molecule has 2 N–H and O–H groups in total. The number of imide groups is 1. The van der Waals surface area contributed by atoms with Gasteiger partial charge in [-0.15, -0.1) is 0 Å². The number of anilines is 2. The minimum Gasteiger partial charge on any atom is -0.495 e. The average Bonchev–Trinajstić information content (AvgIpc) is 2.89. The molecule has 122 valence electrons. The van der Waals surface area contributed by atoms with Crippen LogP contribution in [0.1, 0.15) is 12.5 Å². The summed E-state index contributed by atoms with van der Waals surface area (Å²) < 4.78 is 5.26. The van der Waals surface area contributed by atoms with Gasteiger partial charge in [0.2, 0.25) is 0 Å². The molecule has 0 saturated carbocycles. The third-order valence-corrected chi connectivity index (χ3v) is 4.82. The molecule has 1 aliphatic heterocycles. The zero-order valence-electron chi connectivity index (χ0n) is 13.3. The molecule has 1 aliphatic rings. The SMILES string of the molecule is COc1ccccc1N1C(=O)S/C(=C(/C)c2ccc(N)cc2)C1=O. The standard InChI is InChI=1S/C18H16N2O3S/c1-11(12-7-9-13(19)10-8-12)16-17(21)20(18(22)24-16)14-5-3-4-6-15(14)23-2/h3-10H,19H2,1-2H3/b16-11-. The highest BCUT2D eigenvalue weighted by atomic mass is 32.2. The Morgan fingerprint density at radius 3 is 2.42 bits per heavy atom. The fourth-order valence-corrected chi connectivity index (χ4v) is 3.38. The number of allylic oxidation sites excluding steroid dienone is 1. The zero-order valence-corrected chi connectivity index (χ0v) is 14.1. The summed E-state index contributed by atoms with van der Waals surface area (Å²) in [7, 11) is 1.51. The lowest BCUT2D eigenvalue weighted by Crippen LogP contribution is -2.28. The number of carbonyl (C=O) groups is 2. The van der Waals surface area contributed by atoms with E-state index in [0.717, 1.165) is 27.8 Å². The van der Waals surface area contributed by atoms with Gasteiger partial charge in [0.05, 0.1) is 17.7 Å². The molecule has 1 saturated heterocycles. The molecule has 24 heavy (non-hydrogen) atoms. The van der Waals surface area contributed by atoms with Gasteiger partial charge in [0.1, 0.15) is 5.75 Å². The van der Waals surface area contributed by atoms with Crippen molar-refractivity contribution in [1.82, 2.24) is 0 Å². The van der Waals surface area contributed by atoms with E-state index in [0.29, 0.717) is 22.0 Å². The molecule has 0 unspecified atom stereocenters. The first-order chi connectivity index (χ1) is 11.5. The van der Waals surface area contributed by atoms with Crippen LogP contribution in [0.3, 0.4) is 0 Å². The number of methoxy groups -OCH3 is 1. The molecule has 2 amide bonds. The van der Waals surface area contributed by atoms with Gasteiger partial charge in [0.15, 0.2) is 0 Å². The van der Waals surface area contributed by atoms with E-state index in [1.807, 2.05) is 19.1 Å². The van der Waals surface area contributed by atoms with Gasteiger partial charge in [-0.1, -0.05) is 24.3 Å². The molecular formula is C18H16N2O3S. The molecule has 2 aromatic carbocycles. The Balaban J connectivity index is 2.03. The summed E-state index contributed by atoms with van der Waals surface area (Å²) in [5.74, 6) is 0.134. The van der Waals surface area contributed by atoms with E-state index < -0.39 is 0 Å². The van der Waals surface area contributed by atoms with Crippen molar-refractivity contribution in [2.45, 2.75) is 6.92 Å². The third-order valence-electron chi connectivity index (χ3n) is 3.78. The number of nitrogens with two attached hydrogens (primary N) is 1. The van der Waals surface area contributed by atoms with Crippen molar-refractivity contribution in [1.29, 1.82) is 0 Å². The lowest BCUT2D eigenvalue weighted by molar-refractivity contribution is -0.113. The minimum atomic E-state index is -0.344. The Morgan fingerprint density at radius 2 is 1.75 bits per heavy atom. The molecule has 0 radical (unpaired) electrons. The van der Waals surface area contributed by atoms with Crippen LogP contribution in [0.5, 0.6) is 5.75 Å². The number of hydrogen-bond acceptors (Lipinski definition) is 5. The van der Waals surface area contributed by atoms with Crippen LogP contribution in [0.25, 0.3) is 5.57 Å². The molecule has 0 aromatic heterocycles. The number of thioether (sulfide) groups is 1. The van der Waals surface area contributed by atoms with E-state index in [-0.39, 0.29) is 11.1 Å². The Labute approximate surface area is 144 Å². The highest BCUT2D eigenvalue weighted by Crippen LogP contribution is 2.41. The molecular weight excluding hydrogens is 324 g/mol. The monoisotopic (exact) mass is 340 g/mol. The summed E-state index contributed by atoms with van der Waals surface area (Å²) in [6.07, 6.45) is 0. The van der Waals surface area contributed by atoms with Crippen molar-refractivity contribution in [3.05, 3.63) is 59.0 Å². The smallest absolute Gasteiger partial charge is 0.298 e. The van der Waals surface area contributed by atoms with Crippen LogP contribution in [0.2, 0.25) is 0 Å². The van der Waals surface area contributed by atoms with Gasteiger partial charge < -0.3 is 10.5 Å². The van der Waals surface area contributed by atoms with Crippen LogP contribution in [0.4, 0.5) is 16.2 Å². The highest BCUT2D eigenvalue weighted by Gasteiger charge is 2.39. The van der Waals surface area contributed by atoms with Gasteiger partial charge in [0, 0.05) is 5.69 Å². The number of benzene rings is 2. The van der Waals surface area contributed by atoms with Crippen molar-refractivity contribution in [3.8, 4) is 5.75 Å². The lowest BCUT2D eigenvalue weighted by atomic mass is 10.1. The number of nitrogens with zero attached hydrogens (tertiary/aromatic N) is 1. The molecule has 0 atom stereocenters. The summed E-state index contributed by atoms with van der Waals surface area (Å²) >= 11 is 0.933. The average molecular weight is 340 g/mol. The Kier molecular flexibility index (Phi) is 4.31. The summed E-state index contributed by atoms with van der Waals surface area (Å²) in [4.78, 5) is 26.8. The number of rotatable bonds is 3. The second-order valence-electron chi connectivity index (χ2n) is 5.26. The number of para-hydroxylation sites is 2. The van der Waals surface area contributed by atoms with E-state index in [1.54, 1.807) is 36.4 Å². The van der Waals surface area contributed by atoms with E-state index in [4.69, 9.17) is 10.5 Å². The Morgan fingerprint density at radius 1 is 1.08 bits per heavy atom. The molecule has 0 spiro atoms. The molecule has 5 nitrogen and oxygen atoms in total. The van der Waals surface area contributed by atoms with Crippen LogP contribution < -0.4 is 15.4 Å². The van der Waals surface area contributed by atoms with Crippen molar-refractivity contribution in [2.24, 2.45) is 0 Å². The quantitative estimate of drug-likeness (QED) is 0.677. The Hall–Kier alpha value is -2.73. The number of nitrogen functional groups attached to an aromatic ring is 1. The second-order valence-corrected chi connectivity index (χ2v) is 6.22. The molecule has 2 aromatic rings. The number of amides is 2. The van der Waals surface area contributed by atoms with Crippen molar-refractivity contribution < 1.29 is 14.3 Å². The van der Waals surface area contributed by atoms with Crippen LogP contribution in [0, 0.1) is 0 Å². The minimum absolute atomic E-state index is 0.339. The van der Waals surface area contributed by atoms with Gasteiger partial charge in [-0.25, -0.2) is 4.90 Å². The fourth-order valence-electron chi connectivity index (χ4n) is 2.48. The fraction of sp³-hybridized carbons (Fsp3) is 0.111. The topological polar surface area (TPSA) is 72.6 Å². The molecule has 1 fully saturated rings. The zero-order chi connectivity index (χ0) is 17.3. The van der Waals surface area contributed by atoms with Gasteiger partial charge in [0.25, 0.3) is 11.1 Å². The first-order valence-corrected chi connectivity index (χ1v) is 8.10. The van der Waals surface area contributed by atoms with Crippen LogP contribution in [-0.4, -0.2) is 18.3 Å². The lowest BCUT2D eigenvalue weighted by Gasteiger charge is -2.16. The summed E-state index contributed by atoms with van der Waals surface area (Å²) in [6, 6.07) is 14.2. The van der Waals surface area contributed by atoms with Crippen molar-refractivity contribution >= 4 is 39.9 Å². The van der Waals surface area contributed by atoms with E-state index in [1.165, 1.54) is 7.11 Å². The molecule has 6 heteroatoms. The number of ether oxygens (including phenoxy) is 1. The second kappa shape index (κ2) is 6.41. The van der Waals surface area contributed by atoms with Gasteiger partial charge in [-0.05, 0) is 54.1 Å². The molecule has 0 aliphatic carbocycles. The molecule has 1 heterocycles. The maximum atomic E-state index is 12.8. The van der Waals surface area contributed by atoms with E-state index in [2.05, 4.69) is 0 Å². The van der Waals surface area contributed by atoms with Crippen molar-refractivity contribution in [3.63, 3.8) is 0 Å². The van der Waals surface area contributed by atoms with Crippen molar-refractivity contribution in [2.75, 3.05) is 17.7 Å². The first kappa shape index (κ1) is 16.1. The normalized spacial score (nSPS) is 16.5. The predicted octanol–water partition coefficient (Wildman–Crippen LogP) is 3.91. The highest BCUT2D eigenvalue weighted by molar-refractivity contribution is 8.19. The molecule has 0 bridgehead atoms. The summed E-state index contributed by atoms with van der Waals surface area (Å²) in [6.45, 7) is 1.82. The maximum absolute atomic E-state index is 12.8. The number of hydrogen-bond donors (Lipinski definition) is 1.